The molecule has 0 unspecified atom stereocenters. The van der Waals surface area contributed by atoms with E-state index in [1.54, 1.807) is 0 Å². The van der Waals surface area contributed by atoms with Gasteiger partial charge in [0, 0.05) is 6.07 Å². The molecule has 6 nitrogen and oxygen atoms in total. The predicted octanol–water partition coefficient (Wildman–Crippen LogP) is 1.91. The van der Waals surface area contributed by atoms with Crippen molar-refractivity contribution >= 4 is 11.4 Å². The van der Waals surface area contributed by atoms with E-state index in [0.717, 1.165) is 18.2 Å². The number of nitro groups is 1. The number of nitrogens with one attached hydrogen (secondary N) is 1. The van der Waals surface area contributed by atoms with Gasteiger partial charge in [-0.3, -0.25) is 10.1 Å². The van der Waals surface area contributed by atoms with E-state index in [9.17, 15) is 14.5 Å². The Morgan fingerprint density at radius 3 is 2.77 bits per heavy atom. The number of hydrogen-bond donors (Lipinski definition) is 1. The van der Waals surface area contributed by atoms with Crippen molar-refractivity contribution in [1.29, 1.82) is 5.39 Å². The summed E-state index contributed by atoms with van der Waals surface area (Å²) in [4.78, 5) is 9.45. The average Bonchev–Trinajstić information content (AvgIpc) is 2.08. The summed E-state index contributed by atoms with van der Waals surface area (Å²) in [7, 11) is 0. The van der Waals surface area contributed by atoms with E-state index in [2.05, 4.69) is 5.08 Å². The summed E-state index contributed by atoms with van der Waals surface area (Å²) >= 11 is 0. The zero-order valence-electron chi connectivity index (χ0n) is 6.27. The maximum Gasteiger partial charge on any atom is 0.308 e. The quantitative estimate of drug-likeness (QED) is 0.431. The van der Waals surface area contributed by atoms with E-state index < -0.39 is 10.7 Å². The number of diazo groups is 1. The zero-order chi connectivity index (χ0) is 9.84. The van der Waals surface area contributed by atoms with Crippen LogP contribution >= 0.6 is 0 Å². The molecule has 0 aliphatic rings. The van der Waals surface area contributed by atoms with Gasteiger partial charge in [-0.1, -0.05) is 0 Å². The van der Waals surface area contributed by atoms with Crippen LogP contribution in [0.1, 0.15) is 0 Å². The fraction of sp³-hybridized carbons (Fsp3) is 0. The average molecular weight is 183 g/mol. The molecule has 0 saturated carbocycles. The van der Waals surface area contributed by atoms with Crippen molar-refractivity contribution < 1.29 is 9.31 Å². The summed E-state index contributed by atoms with van der Waals surface area (Å²) < 4.78 is 12.9. The number of anilines is 1. The molecule has 0 fully saturated rings. The molecule has 0 atom stereocenters. The predicted molar refractivity (Wildman–Crippen MR) is 41.8 cm³/mol. The highest BCUT2D eigenvalue weighted by molar-refractivity contribution is 5.50. The molecular formula is C6H4FN4O2+. The Kier molecular flexibility index (Phi) is 2.35. The second-order valence-electron chi connectivity index (χ2n) is 2.13. The van der Waals surface area contributed by atoms with Gasteiger partial charge in [0.05, 0.1) is 11.0 Å². The Labute approximate surface area is 71.7 Å². The highest BCUT2D eigenvalue weighted by atomic mass is 19.1. The first-order chi connectivity index (χ1) is 6.15. The lowest BCUT2D eigenvalue weighted by Gasteiger charge is -1.93. The van der Waals surface area contributed by atoms with Gasteiger partial charge >= 0.3 is 5.08 Å². The normalized spacial score (nSPS) is 8.92. The van der Waals surface area contributed by atoms with E-state index in [1.807, 2.05) is 5.43 Å². The van der Waals surface area contributed by atoms with Gasteiger partial charge in [-0.2, -0.15) is 0 Å². The van der Waals surface area contributed by atoms with Crippen LogP contribution in [0.25, 0.3) is 5.08 Å². The highest BCUT2D eigenvalue weighted by Crippen LogP contribution is 2.20. The molecule has 1 rings (SSSR count). The maximum absolute atomic E-state index is 12.9. The monoisotopic (exact) mass is 183 g/mol. The number of hydrogen-bond acceptors (Lipinski definition) is 4. The smallest absolute Gasteiger partial charge is 0.258 e. The van der Waals surface area contributed by atoms with Crippen molar-refractivity contribution in [2.24, 2.45) is 0 Å². The molecule has 0 saturated heterocycles. The van der Waals surface area contributed by atoms with Gasteiger partial charge < -0.3 is 0 Å². The molecule has 0 aliphatic heterocycles. The van der Waals surface area contributed by atoms with Crippen LogP contribution in [0, 0.1) is 21.3 Å². The van der Waals surface area contributed by atoms with Gasteiger partial charge in [-0.05, 0) is 11.5 Å². The first kappa shape index (κ1) is 8.86. The lowest BCUT2D eigenvalue weighted by atomic mass is 10.3. The standard InChI is InChI=1S/C6H4FN4O2/c7-5-3-4(11(12)13)1-2-6(5)9-10-8/h1-3,9H/q+1. The molecule has 66 valence electrons. The third-order valence-electron chi connectivity index (χ3n) is 1.33. The Bertz CT molecular complexity index is 387. The van der Waals surface area contributed by atoms with Crippen LogP contribution in [-0.2, 0) is 0 Å². The zero-order valence-corrected chi connectivity index (χ0v) is 6.27. The number of non-ortho nitro benzene ring substituents is 1. The van der Waals surface area contributed by atoms with Crippen LogP contribution in [0.3, 0.4) is 0 Å². The second kappa shape index (κ2) is 3.44. The van der Waals surface area contributed by atoms with Crippen LogP contribution in [0.5, 0.6) is 0 Å². The molecule has 0 aliphatic carbocycles. The molecular weight excluding hydrogens is 179 g/mol. The lowest BCUT2D eigenvalue weighted by Crippen LogP contribution is -1.92. The van der Waals surface area contributed by atoms with Crippen molar-refractivity contribution in [2.45, 2.75) is 0 Å². The van der Waals surface area contributed by atoms with Crippen LogP contribution < -0.4 is 5.43 Å². The summed E-state index contributed by atoms with van der Waals surface area (Å²) in [6.07, 6.45) is 0. The maximum atomic E-state index is 12.9. The van der Waals surface area contributed by atoms with E-state index in [0.29, 0.717) is 0 Å². The van der Waals surface area contributed by atoms with Gasteiger partial charge in [-0.15, -0.1) is 0 Å². The molecule has 1 aromatic carbocycles. The van der Waals surface area contributed by atoms with E-state index in [4.69, 9.17) is 5.39 Å². The van der Waals surface area contributed by atoms with Crippen molar-refractivity contribution in [3.8, 4) is 0 Å². The molecule has 0 spiro atoms. The molecule has 0 aromatic heterocycles. The summed E-state index contributed by atoms with van der Waals surface area (Å²) in [5, 5.41) is 20.7. The molecule has 0 bridgehead atoms. The molecule has 13 heavy (non-hydrogen) atoms. The topological polar surface area (TPSA) is 83.3 Å². The Balaban J connectivity index is 3.07. The minimum atomic E-state index is -0.855. The van der Waals surface area contributed by atoms with Gasteiger partial charge in [0.25, 0.3) is 11.1 Å². The van der Waals surface area contributed by atoms with Crippen molar-refractivity contribution in [1.82, 2.24) is 0 Å². The summed E-state index contributed by atoms with van der Waals surface area (Å²) in [6, 6.07) is 2.93. The minimum absolute atomic E-state index is 0.131. The number of nitrogens with zero attached hydrogens (tertiary/aromatic N) is 3. The summed E-state index contributed by atoms with van der Waals surface area (Å²) in [6.45, 7) is 0. The minimum Gasteiger partial charge on any atom is -0.258 e. The fourth-order valence-electron chi connectivity index (χ4n) is 0.762. The highest BCUT2D eigenvalue weighted by Gasteiger charge is 2.12. The van der Waals surface area contributed by atoms with Crippen LogP contribution in [0.15, 0.2) is 18.2 Å². The van der Waals surface area contributed by atoms with Gasteiger partial charge in [0.2, 0.25) is 0 Å². The third-order valence-corrected chi connectivity index (χ3v) is 1.33. The Hall–Kier alpha value is -2.23. The second-order valence-corrected chi connectivity index (χ2v) is 2.13. The van der Waals surface area contributed by atoms with E-state index in [1.165, 1.54) is 0 Å². The fourth-order valence-corrected chi connectivity index (χ4v) is 0.762. The van der Waals surface area contributed by atoms with Gasteiger partial charge in [0.1, 0.15) is 0 Å². The summed E-state index contributed by atoms with van der Waals surface area (Å²) in [5.74, 6) is -0.855. The van der Waals surface area contributed by atoms with Crippen molar-refractivity contribution in [2.75, 3.05) is 5.43 Å². The number of halogens is 1. The third kappa shape index (κ3) is 1.87. The van der Waals surface area contributed by atoms with Gasteiger partial charge in [0.15, 0.2) is 11.5 Å². The van der Waals surface area contributed by atoms with E-state index >= 15 is 0 Å². The first-order valence-electron chi connectivity index (χ1n) is 3.19. The number of benzene rings is 1. The SMILES string of the molecule is N#[N+]Nc1ccc([N+](=O)[O-])cc1F. The van der Waals surface area contributed by atoms with Crippen LogP contribution in [0.2, 0.25) is 0 Å². The molecule has 0 heterocycles. The lowest BCUT2D eigenvalue weighted by molar-refractivity contribution is -0.385. The first-order valence-corrected chi connectivity index (χ1v) is 3.19. The number of nitro benzene ring substituents is 1. The molecule has 1 aromatic rings. The Morgan fingerprint density at radius 2 is 2.31 bits per heavy atom. The summed E-state index contributed by atoms with van der Waals surface area (Å²) in [5.41, 5.74) is 1.43. The molecule has 0 amide bonds. The van der Waals surface area contributed by atoms with Crippen LogP contribution in [0.4, 0.5) is 15.8 Å². The number of rotatable bonds is 2. The van der Waals surface area contributed by atoms with E-state index in [-0.39, 0.29) is 11.4 Å². The molecule has 0 radical (unpaired) electrons. The van der Waals surface area contributed by atoms with Crippen LogP contribution in [-0.4, -0.2) is 4.92 Å². The van der Waals surface area contributed by atoms with Crippen molar-refractivity contribution in [3.05, 3.63) is 39.2 Å². The Morgan fingerprint density at radius 1 is 1.62 bits per heavy atom. The molecule has 7 heteroatoms. The van der Waals surface area contributed by atoms with Crippen molar-refractivity contribution in [3.63, 3.8) is 0 Å². The van der Waals surface area contributed by atoms with Gasteiger partial charge in [-0.25, -0.2) is 4.39 Å². The molecule has 1 N–H and O–H groups in total. The largest absolute Gasteiger partial charge is 0.308 e.